The number of allylic oxidation sites excluding steroid dienone is 4. The average Bonchev–Trinajstić information content (AvgIpc) is 2.15. The molecule has 0 saturated carbocycles. The Hall–Kier alpha value is 1.23. The van der Waals surface area contributed by atoms with Gasteiger partial charge in [0.1, 0.15) is 0 Å². The Kier molecular flexibility index (Phi) is 14.9. The Bertz CT molecular complexity index is 185. The third-order valence-electron chi connectivity index (χ3n) is 1.66. The second kappa shape index (κ2) is 9.78. The average molecular weight is 322 g/mol. The van der Waals surface area contributed by atoms with E-state index in [0.717, 1.165) is 5.92 Å². The molecular weight excluding hydrogens is 306 g/mol. The van der Waals surface area contributed by atoms with Crippen LogP contribution in [-0.2, 0) is 24.7 Å². The van der Waals surface area contributed by atoms with Crippen molar-refractivity contribution in [1.82, 2.24) is 0 Å². The maximum absolute atomic E-state index is 2.30. The maximum Gasteiger partial charge on any atom is -0.147 e. The minimum Gasteiger partial charge on any atom is -0.147 e. The molecule has 0 N–H and O–H groups in total. The second-order valence-corrected chi connectivity index (χ2v) is 4.69. The molecule has 1 aliphatic rings. The molecule has 4 heteroatoms. The van der Waals surface area contributed by atoms with Crippen LogP contribution in [0.25, 0.3) is 0 Å². The summed E-state index contributed by atoms with van der Waals surface area (Å²) < 4.78 is 1.65. The molecule has 0 aromatic carbocycles. The molecule has 0 bridgehead atoms. The third-order valence-corrected chi connectivity index (χ3v) is 2.95. The van der Waals surface area contributed by atoms with E-state index in [0.29, 0.717) is 0 Å². The van der Waals surface area contributed by atoms with Crippen LogP contribution in [0.5, 0.6) is 0 Å². The normalized spacial score (nSPS) is 13.4. The zero-order valence-electron chi connectivity index (χ0n) is 7.87. The van der Waals surface area contributed by atoms with Crippen LogP contribution in [0.4, 0.5) is 0 Å². The molecule has 77 valence electrons. The summed E-state index contributed by atoms with van der Waals surface area (Å²) in [6.07, 6.45) is 7.07. The van der Waals surface area contributed by atoms with Gasteiger partial charge < -0.3 is 0 Å². The molecule has 0 spiro atoms. The van der Waals surface area contributed by atoms with Crippen LogP contribution >= 0.6 is 37.2 Å². The van der Waals surface area contributed by atoms with E-state index in [9.17, 15) is 0 Å². The van der Waals surface area contributed by atoms with Crippen molar-refractivity contribution in [2.24, 2.45) is 5.92 Å². The Balaban J connectivity index is -0.000000333. The molecule has 0 radical (unpaired) electrons. The van der Waals surface area contributed by atoms with Gasteiger partial charge in [-0.05, 0) is 0 Å². The molecule has 0 saturated heterocycles. The van der Waals surface area contributed by atoms with Crippen LogP contribution in [0.1, 0.15) is 26.7 Å². The predicted octanol–water partition coefficient (Wildman–Crippen LogP) is 4.06. The van der Waals surface area contributed by atoms with Crippen molar-refractivity contribution in [2.45, 2.75) is 26.7 Å². The van der Waals surface area contributed by atoms with E-state index in [1.54, 1.807) is 33.6 Å². The molecule has 0 nitrogen and oxygen atoms in total. The van der Waals surface area contributed by atoms with Gasteiger partial charge in [-0.1, -0.05) is 0 Å². The maximum atomic E-state index is 2.30. The SMILES string of the molecule is CC(C)CC1=[C]([Zr])CC=C1.Cl.Cl.Cl. The minimum atomic E-state index is 0. The largest absolute Gasteiger partial charge is 0.147 e. The molecule has 0 atom stereocenters. The van der Waals surface area contributed by atoms with Crippen molar-refractivity contribution in [1.29, 1.82) is 0 Å². The third kappa shape index (κ3) is 7.20. The van der Waals surface area contributed by atoms with Crippen molar-refractivity contribution in [2.75, 3.05) is 0 Å². The zero-order chi connectivity index (χ0) is 7.56. The van der Waals surface area contributed by atoms with E-state index in [-0.39, 0.29) is 37.2 Å². The van der Waals surface area contributed by atoms with Crippen molar-refractivity contribution in [3.63, 3.8) is 0 Å². The van der Waals surface area contributed by atoms with Gasteiger partial charge in [-0.15, -0.1) is 37.2 Å². The van der Waals surface area contributed by atoms with Gasteiger partial charge in [-0.3, -0.25) is 0 Å². The van der Waals surface area contributed by atoms with Crippen LogP contribution in [0.15, 0.2) is 21.0 Å². The second-order valence-electron chi connectivity index (χ2n) is 3.21. The molecular formula is C9H16Cl3Zr. The van der Waals surface area contributed by atoms with Gasteiger partial charge in [0.05, 0.1) is 0 Å². The monoisotopic (exact) mass is 319 g/mol. The van der Waals surface area contributed by atoms with Crippen LogP contribution < -0.4 is 0 Å². The zero-order valence-corrected chi connectivity index (χ0v) is 12.8. The standard InChI is InChI=1S/C9H13.3ClH.Zr/c1-8(2)7-9-5-3-4-6-9;;;;/h3,5,8H,4,7H2,1-2H3;3*1H;. The van der Waals surface area contributed by atoms with Gasteiger partial charge in [0.2, 0.25) is 0 Å². The first-order valence-electron chi connectivity index (χ1n) is 3.80. The quantitative estimate of drug-likeness (QED) is 0.719. The van der Waals surface area contributed by atoms with Crippen LogP contribution in [0, 0.1) is 5.92 Å². The summed E-state index contributed by atoms with van der Waals surface area (Å²) in [4.78, 5) is 0. The molecule has 1 aliphatic carbocycles. The minimum absolute atomic E-state index is 0. The number of hydrogen-bond donors (Lipinski definition) is 0. The van der Waals surface area contributed by atoms with E-state index in [4.69, 9.17) is 0 Å². The molecule has 13 heavy (non-hydrogen) atoms. The summed E-state index contributed by atoms with van der Waals surface area (Å²) in [5, 5.41) is 0. The van der Waals surface area contributed by atoms with Crippen molar-refractivity contribution in [3.8, 4) is 0 Å². The topological polar surface area (TPSA) is 0 Å². The first-order valence-corrected chi connectivity index (χ1v) is 5.03. The van der Waals surface area contributed by atoms with Gasteiger partial charge in [-0.25, -0.2) is 0 Å². The molecule has 0 amide bonds. The van der Waals surface area contributed by atoms with Gasteiger partial charge >= 0.3 is 78.3 Å². The Morgan fingerprint density at radius 2 is 1.85 bits per heavy atom. The molecule has 0 unspecified atom stereocenters. The van der Waals surface area contributed by atoms with E-state index in [1.165, 1.54) is 12.8 Å². The summed E-state index contributed by atoms with van der Waals surface area (Å²) in [5.74, 6) is 0.813. The molecule has 0 aromatic heterocycles. The van der Waals surface area contributed by atoms with E-state index >= 15 is 0 Å². The number of halogens is 3. The fraction of sp³-hybridized carbons (Fsp3) is 0.556. The summed E-state index contributed by atoms with van der Waals surface area (Å²) in [6.45, 7) is 4.56. The first kappa shape index (κ1) is 19.8. The van der Waals surface area contributed by atoms with Gasteiger partial charge in [0.25, 0.3) is 0 Å². The summed E-state index contributed by atoms with van der Waals surface area (Å²) in [5.41, 5.74) is 1.60. The van der Waals surface area contributed by atoms with Gasteiger partial charge in [0.15, 0.2) is 0 Å². The first-order chi connectivity index (χ1) is 4.70. The summed E-state index contributed by atoms with van der Waals surface area (Å²) in [7, 11) is 0. The molecule has 1 rings (SSSR count). The molecule has 0 aromatic rings. The smallest absolute Gasteiger partial charge is 0.147 e. The Morgan fingerprint density at radius 3 is 2.15 bits per heavy atom. The van der Waals surface area contributed by atoms with Gasteiger partial charge in [0, 0.05) is 0 Å². The molecule has 0 aliphatic heterocycles. The predicted molar refractivity (Wildman–Crippen MR) is 62.0 cm³/mol. The van der Waals surface area contributed by atoms with Crippen molar-refractivity contribution >= 4 is 37.2 Å². The number of rotatable bonds is 2. The molecule has 0 heterocycles. The van der Waals surface area contributed by atoms with Crippen LogP contribution in [0.2, 0.25) is 0 Å². The molecule has 0 fully saturated rings. The van der Waals surface area contributed by atoms with E-state index in [1.807, 2.05) is 0 Å². The Labute approximate surface area is 115 Å². The number of hydrogen-bond acceptors (Lipinski definition) is 0. The van der Waals surface area contributed by atoms with Crippen molar-refractivity contribution in [3.05, 3.63) is 21.0 Å². The fourth-order valence-corrected chi connectivity index (χ4v) is 1.93. The van der Waals surface area contributed by atoms with Crippen LogP contribution in [-0.4, -0.2) is 0 Å². The van der Waals surface area contributed by atoms with E-state index in [2.05, 4.69) is 26.0 Å². The summed E-state index contributed by atoms with van der Waals surface area (Å²) in [6, 6.07) is 0. The van der Waals surface area contributed by atoms with Crippen molar-refractivity contribution < 1.29 is 24.7 Å². The fourth-order valence-electron chi connectivity index (χ4n) is 1.18. The summed E-state index contributed by atoms with van der Waals surface area (Å²) >= 11 is 1.60. The van der Waals surface area contributed by atoms with Gasteiger partial charge in [-0.2, -0.15) is 0 Å². The van der Waals surface area contributed by atoms with Crippen LogP contribution in [0.3, 0.4) is 0 Å². The van der Waals surface area contributed by atoms with E-state index < -0.39 is 0 Å². The Morgan fingerprint density at radius 1 is 1.31 bits per heavy atom.